The first-order valence-corrected chi connectivity index (χ1v) is 8.64. The molecular formula is C19H22ClN3O. The Labute approximate surface area is 147 Å². The van der Waals surface area contributed by atoms with Crippen LogP contribution in [0, 0.1) is 0 Å². The van der Waals surface area contributed by atoms with Crippen molar-refractivity contribution < 1.29 is 4.74 Å². The zero-order valence-electron chi connectivity index (χ0n) is 13.6. The van der Waals surface area contributed by atoms with Gasteiger partial charge in [0.05, 0.1) is 24.5 Å². The highest BCUT2D eigenvalue weighted by atomic mass is 35.5. The number of benzene rings is 2. The van der Waals surface area contributed by atoms with Crippen molar-refractivity contribution in [2.24, 2.45) is 4.99 Å². The second kappa shape index (κ2) is 8.71. The van der Waals surface area contributed by atoms with Crippen LogP contribution < -0.4 is 10.6 Å². The molecule has 0 bridgehead atoms. The highest BCUT2D eigenvalue weighted by molar-refractivity contribution is 6.30. The molecule has 0 unspecified atom stereocenters. The third-order valence-corrected chi connectivity index (χ3v) is 4.05. The number of aliphatic imine (C=N–C) groups is 1. The van der Waals surface area contributed by atoms with E-state index in [1.54, 1.807) is 0 Å². The first-order chi connectivity index (χ1) is 11.8. The topological polar surface area (TPSA) is 45.6 Å². The molecule has 0 radical (unpaired) electrons. The van der Waals surface area contributed by atoms with Crippen molar-refractivity contribution >= 4 is 28.8 Å². The van der Waals surface area contributed by atoms with E-state index < -0.39 is 0 Å². The summed E-state index contributed by atoms with van der Waals surface area (Å²) in [6.07, 6.45) is 1.75. The summed E-state index contributed by atoms with van der Waals surface area (Å²) in [5.74, 6) is 0.922. The van der Waals surface area contributed by atoms with Crippen LogP contribution in [0.3, 0.4) is 0 Å². The van der Waals surface area contributed by atoms with E-state index in [0.717, 1.165) is 53.8 Å². The first-order valence-electron chi connectivity index (χ1n) is 8.27. The third-order valence-electron chi connectivity index (χ3n) is 3.81. The lowest BCUT2D eigenvalue weighted by molar-refractivity contribution is 0.141. The van der Waals surface area contributed by atoms with E-state index in [1.165, 1.54) is 0 Å². The van der Waals surface area contributed by atoms with Crippen LogP contribution in [-0.2, 0) is 11.3 Å². The van der Waals surface area contributed by atoms with Gasteiger partial charge in [-0.2, -0.15) is 0 Å². The van der Waals surface area contributed by atoms with E-state index in [1.807, 2.05) is 36.4 Å². The van der Waals surface area contributed by atoms with Gasteiger partial charge in [0.2, 0.25) is 0 Å². The number of anilines is 2. The molecule has 0 aromatic heterocycles. The number of halogens is 1. The van der Waals surface area contributed by atoms with Crippen molar-refractivity contribution in [3.8, 4) is 0 Å². The summed E-state index contributed by atoms with van der Waals surface area (Å²) in [4.78, 5) is 4.74. The lowest BCUT2D eigenvalue weighted by Crippen LogP contribution is -2.16. The second-order valence-electron chi connectivity index (χ2n) is 5.71. The fraction of sp³-hybridized carbons (Fsp3) is 0.316. The summed E-state index contributed by atoms with van der Waals surface area (Å²) in [6.45, 7) is 2.92. The number of ether oxygens (including phenoxy) is 1. The van der Waals surface area contributed by atoms with Gasteiger partial charge in [-0.1, -0.05) is 35.9 Å². The maximum Gasteiger partial charge on any atom is 0.103 e. The average Bonchev–Trinajstić information content (AvgIpc) is 2.64. The number of hydrogen-bond acceptors (Lipinski definition) is 3. The fourth-order valence-corrected chi connectivity index (χ4v) is 2.79. The number of nitrogens with zero attached hydrogens (tertiary/aromatic N) is 1. The molecule has 1 aliphatic heterocycles. The minimum Gasteiger partial charge on any atom is -0.383 e. The molecule has 0 amide bonds. The maximum absolute atomic E-state index is 6.05. The van der Waals surface area contributed by atoms with Crippen LogP contribution >= 0.6 is 11.6 Å². The summed E-state index contributed by atoms with van der Waals surface area (Å²) in [5, 5.41) is 7.64. The molecule has 24 heavy (non-hydrogen) atoms. The quantitative estimate of drug-likeness (QED) is 0.839. The van der Waals surface area contributed by atoms with Crippen molar-refractivity contribution in [2.45, 2.75) is 19.4 Å². The predicted octanol–water partition coefficient (Wildman–Crippen LogP) is 4.57. The van der Waals surface area contributed by atoms with Gasteiger partial charge in [0, 0.05) is 24.6 Å². The van der Waals surface area contributed by atoms with Gasteiger partial charge in [0.1, 0.15) is 5.84 Å². The number of para-hydroxylation sites is 2. The molecule has 126 valence electrons. The smallest absolute Gasteiger partial charge is 0.103 e. The molecular weight excluding hydrogens is 322 g/mol. The third kappa shape index (κ3) is 4.98. The van der Waals surface area contributed by atoms with E-state index in [0.29, 0.717) is 13.2 Å². The lowest BCUT2D eigenvalue weighted by atomic mass is 10.2. The summed E-state index contributed by atoms with van der Waals surface area (Å²) < 4.78 is 5.68. The molecule has 1 aliphatic rings. The Balaban J connectivity index is 1.78. The van der Waals surface area contributed by atoms with Crippen LogP contribution in [0.4, 0.5) is 11.4 Å². The Hall–Kier alpha value is -2.04. The first kappa shape index (κ1) is 16.8. The Bertz CT molecular complexity index is 703. The normalized spacial score (nSPS) is 17.3. The van der Waals surface area contributed by atoms with Crippen molar-refractivity contribution in [2.75, 3.05) is 30.4 Å². The standard InChI is InChI=1S/C19H22ClN3O/c20-16-6-3-5-15(13-16)14-22-19-9-12-24-11-4-10-21-17-7-1-2-8-18(17)23-19/h1-3,5-8,13,21H,4,9-12,14H2,(H,22,23). The molecule has 0 aliphatic carbocycles. The van der Waals surface area contributed by atoms with Crippen LogP contribution in [0.2, 0.25) is 5.02 Å². The van der Waals surface area contributed by atoms with E-state index in [2.05, 4.69) is 22.8 Å². The molecule has 0 saturated carbocycles. The van der Waals surface area contributed by atoms with Crippen LogP contribution in [0.1, 0.15) is 18.4 Å². The molecule has 0 spiro atoms. The zero-order chi connectivity index (χ0) is 16.6. The van der Waals surface area contributed by atoms with E-state index in [9.17, 15) is 0 Å². The molecule has 1 heterocycles. The summed E-state index contributed by atoms with van der Waals surface area (Å²) in [5.41, 5.74) is 3.23. The Morgan fingerprint density at radius 1 is 1.04 bits per heavy atom. The van der Waals surface area contributed by atoms with Crippen LogP contribution in [-0.4, -0.2) is 25.6 Å². The Kier molecular flexibility index (Phi) is 6.10. The number of nitrogens with one attached hydrogen (secondary N) is 2. The molecule has 2 N–H and O–H groups in total. The minimum absolute atomic E-state index is 0.596. The lowest BCUT2D eigenvalue weighted by Gasteiger charge is -2.14. The average molecular weight is 344 g/mol. The van der Waals surface area contributed by atoms with Gasteiger partial charge in [0.25, 0.3) is 0 Å². The fourth-order valence-electron chi connectivity index (χ4n) is 2.57. The zero-order valence-corrected chi connectivity index (χ0v) is 14.4. The Morgan fingerprint density at radius 3 is 2.79 bits per heavy atom. The molecule has 2 aromatic carbocycles. The summed E-state index contributed by atoms with van der Waals surface area (Å²) in [6, 6.07) is 16.0. The SMILES string of the molecule is Clc1cccc(CN=C2CCOCCCNc3ccccc3N2)c1. The highest BCUT2D eigenvalue weighted by Crippen LogP contribution is 2.22. The number of rotatable bonds is 2. The molecule has 2 aromatic rings. The molecule has 3 rings (SSSR count). The maximum atomic E-state index is 6.05. The van der Waals surface area contributed by atoms with Gasteiger partial charge in [-0.3, -0.25) is 4.99 Å². The van der Waals surface area contributed by atoms with Crippen molar-refractivity contribution in [1.82, 2.24) is 0 Å². The van der Waals surface area contributed by atoms with E-state index in [-0.39, 0.29) is 0 Å². The van der Waals surface area contributed by atoms with Crippen LogP contribution in [0.25, 0.3) is 0 Å². The second-order valence-corrected chi connectivity index (χ2v) is 6.14. The molecule has 0 saturated heterocycles. The van der Waals surface area contributed by atoms with Gasteiger partial charge in [0.15, 0.2) is 0 Å². The summed E-state index contributed by atoms with van der Waals surface area (Å²) in [7, 11) is 0. The van der Waals surface area contributed by atoms with Gasteiger partial charge in [-0.05, 0) is 36.2 Å². The van der Waals surface area contributed by atoms with Gasteiger partial charge < -0.3 is 15.4 Å². The molecule has 5 heteroatoms. The molecule has 0 fully saturated rings. The minimum atomic E-state index is 0.596. The number of hydrogen-bond donors (Lipinski definition) is 2. The number of fused-ring (bicyclic) bond motifs is 1. The van der Waals surface area contributed by atoms with E-state index >= 15 is 0 Å². The van der Waals surface area contributed by atoms with Gasteiger partial charge in [-0.25, -0.2) is 0 Å². The largest absolute Gasteiger partial charge is 0.383 e. The Morgan fingerprint density at radius 2 is 1.92 bits per heavy atom. The predicted molar refractivity (Wildman–Crippen MR) is 101 cm³/mol. The molecule has 0 atom stereocenters. The number of amidine groups is 1. The van der Waals surface area contributed by atoms with Crippen molar-refractivity contribution in [3.05, 3.63) is 59.1 Å². The van der Waals surface area contributed by atoms with E-state index in [4.69, 9.17) is 21.3 Å². The highest BCUT2D eigenvalue weighted by Gasteiger charge is 2.07. The van der Waals surface area contributed by atoms with Crippen molar-refractivity contribution in [3.63, 3.8) is 0 Å². The summed E-state index contributed by atoms with van der Waals surface area (Å²) >= 11 is 6.05. The van der Waals surface area contributed by atoms with Crippen LogP contribution in [0.15, 0.2) is 53.5 Å². The monoisotopic (exact) mass is 343 g/mol. The van der Waals surface area contributed by atoms with Gasteiger partial charge in [-0.15, -0.1) is 0 Å². The molecule has 4 nitrogen and oxygen atoms in total. The van der Waals surface area contributed by atoms with Gasteiger partial charge >= 0.3 is 0 Å². The van der Waals surface area contributed by atoms with Crippen LogP contribution in [0.5, 0.6) is 0 Å². The van der Waals surface area contributed by atoms with Crippen molar-refractivity contribution in [1.29, 1.82) is 0 Å².